The number of rotatable bonds is 9. The van der Waals surface area contributed by atoms with Crippen molar-refractivity contribution in [3.8, 4) is 6.07 Å². The first-order valence-corrected chi connectivity index (χ1v) is 7.49. The molecule has 0 amide bonds. The number of aliphatic hydroxyl groups is 2. The molecule has 0 aliphatic heterocycles. The van der Waals surface area contributed by atoms with Gasteiger partial charge in [0.1, 0.15) is 0 Å². The van der Waals surface area contributed by atoms with Crippen LogP contribution in [0.2, 0.25) is 0 Å². The van der Waals surface area contributed by atoms with E-state index in [0.717, 1.165) is 35.1 Å². The number of hydrogen-bond acceptors (Lipinski definition) is 3. The average Bonchev–Trinajstić information content (AvgIpc) is 2.48. The lowest BCUT2D eigenvalue weighted by atomic mass is 9.93. The van der Waals surface area contributed by atoms with Crippen LogP contribution in [0.15, 0.2) is 12.1 Å². The van der Waals surface area contributed by atoms with Crippen molar-refractivity contribution in [3.05, 3.63) is 34.4 Å². The lowest BCUT2D eigenvalue weighted by Gasteiger charge is -2.13. The lowest BCUT2D eigenvalue weighted by Crippen LogP contribution is -2.02. The summed E-state index contributed by atoms with van der Waals surface area (Å²) < 4.78 is 0. The van der Waals surface area contributed by atoms with Gasteiger partial charge in [-0.25, -0.2) is 0 Å². The predicted molar refractivity (Wildman–Crippen MR) is 80.1 cm³/mol. The van der Waals surface area contributed by atoms with Crippen molar-refractivity contribution in [3.63, 3.8) is 0 Å². The number of aliphatic hydroxyl groups excluding tert-OH is 2. The Labute approximate surface area is 121 Å². The molecule has 0 aliphatic rings. The highest BCUT2D eigenvalue weighted by Crippen LogP contribution is 2.21. The van der Waals surface area contributed by atoms with Gasteiger partial charge in [0.15, 0.2) is 0 Å². The summed E-state index contributed by atoms with van der Waals surface area (Å²) in [5.41, 5.74) is 3.64. The molecule has 1 aromatic rings. The van der Waals surface area contributed by atoms with E-state index >= 15 is 0 Å². The standard InChI is InChI=1S/C17H25NO2/c1-2-3-4-5-6-7-14-10-16(12-19)17(13-20)11-15(14)8-9-18/h10-11,19-20H,2-8,12-13H2,1H3. The van der Waals surface area contributed by atoms with Crippen LogP contribution in [-0.2, 0) is 26.1 Å². The number of unbranched alkanes of at least 4 members (excludes halogenated alkanes) is 4. The molecule has 1 aromatic carbocycles. The van der Waals surface area contributed by atoms with Gasteiger partial charge in [-0.3, -0.25) is 0 Å². The van der Waals surface area contributed by atoms with Crippen molar-refractivity contribution >= 4 is 0 Å². The monoisotopic (exact) mass is 275 g/mol. The molecule has 0 saturated heterocycles. The molecule has 0 unspecified atom stereocenters. The first kappa shape index (κ1) is 16.7. The smallest absolute Gasteiger partial charge is 0.0685 e. The second-order valence-corrected chi connectivity index (χ2v) is 5.20. The highest BCUT2D eigenvalue weighted by Gasteiger charge is 2.09. The van der Waals surface area contributed by atoms with Crippen molar-refractivity contribution in [1.29, 1.82) is 5.26 Å². The Hall–Kier alpha value is -1.37. The van der Waals surface area contributed by atoms with Crippen LogP contribution in [0.4, 0.5) is 0 Å². The van der Waals surface area contributed by atoms with Gasteiger partial charge in [0.2, 0.25) is 0 Å². The third kappa shape index (κ3) is 4.96. The Morgan fingerprint density at radius 3 is 2.05 bits per heavy atom. The summed E-state index contributed by atoms with van der Waals surface area (Å²) >= 11 is 0. The van der Waals surface area contributed by atoms with Crippen LogP contribution in [-0.4, -0.2) is 10.2 Å². The summed E-state index contributed by atoms with van der Waals surface area (Å²) in [5, 5.41) is 27.6. The third-order valence-electron chi connectivity index (χ3n) is 3.68. The SMILES string of the molecule is CCCCCCCc1cc(CO)c(CO)cc1CC#N. The zero-order valence-corrected chi connectivity index (χ0v) is 12.4. The van der Waals surface area contributed by atoms with Crippen LogP contribution >= 0.6 is 0 Å². The van der Waals surface area contributed by atoms with Crippen molar-refractivity contribution in [2.24, 2.45) is 0 Å². The minimum Gasteiger partial charge on any atom is -0.392 e. The molecule has 0 heterocycles. The molecule has 20 heavy (non-hydrogen) atoms. The highest BCUT2D eigenvalue weighted by atomic mass is 16.3. The second-order valence-electron chi connectivity index (χ2n) is 5.20. The van der Waals surface area contributed by atoms with Crippen molar-refractivity contribution < 1.29 is 10.2 Å². The van der Waals surface area contributed by atoms with Gasteiger partial charge in [-0.15, -0.1) is 0 Å². The van der Waals surface area contributed by atoms with Gasteiger partial charge in [0, 0.05) is 0 Å². The van der Waals surface area contributed by atoms with E-state index in [0.29, 0.717) is 6.42 Å². The van der Waals surface area contributed by atoms with E-state index < -0.39 is 0 Å². The topological polar surface area (TPSA) is 64.2 Å². The molecule has 0 radical (unpaired) electrons. The second kappa shape index (κ2) is 9.52. The minimum absolute atomic E-state index is 0.0639. The van der Waals surface area contributed by atoms with Crippen molar-refractivity contribution in [2.75, 3.05) is 0 Å². The number of benzene rings is 1. The maximum atomic E-state index is 9.36. The van der Waals surface area contributed by atoms with E-state index in [-0.39, 0.29) is 13.2 Å². The molecule has 0 aliphatic carbocycles. The summed E-state index contributed by atoms with van der Waals surface area (Å²) in [6, 6.07) is 6.01. The Bertz CT molecular complexity index is 449. The Morgan fingerprint density at radius 2 is 1.50 bits per heavy atom. The van der Waals surface area contributed by atoms with Crippen molar-refractivity contribution in [1.82, 2.24) is 0 Å². The molecule has 0 saturated carbocycles. The van der Waals surface area contributed by atoms with E-state index in [9.17, 15) is 10.2 Å². The van der Waals surface area contributed by atoms with Crippen LogP contribution < -0.4 is 0 Å². The highest BCUT2D eigenvalue weighted by molar-refractivity contribution is 5.39. The molecule has 1 rings (SSSR count). The van der Waals surface area contributed by atoms with Gasteiger partial charge in [0.05, 0.1) is 25.7 Å². The molecule has 0 atom stereocenters. The molecular formula is C17H25NO2. The van der Waals surface area contributed by atoms with Gasteiger partial charge in [-0.05, 0) is 35.1 Å². The molecule has 0 spiro atoms. The van der Waals surface area contributed by atoms with E-state index in [2.05, 4.69) is 13.0 Å². The summed E-state index contributed by atoms with van der Waals surface area (Å²) in [6.45, 7) is 2.04. The number of hydrogen-bond donors (Lipinski definition) is 2. The van der Waals surface area contributed by atoms with Crippen LogP contribution in [0, 0.1) is 11.3 Å². The molecule has 0 bridgehead atoms. The van der Waals surface area contributed by atoms with Gasteiger partial charge in [-0.2, -0.15) is 5.26 Å². The number of nitriles is 1. The van der Waals surface area contributed by atoms with Crippen LogP contribution in [0.1, 0.15) is 61.3 Å². The van der Waals surface area contributed by atoms with Crippen LogP contribution in [0.3, 0.4) is 0 Å². The minimum atomic E-state index is -0.0922. The third-order valence-corrected chi connectivity index (χ3v) is 3.68. The summed E-state index contributed by atoms with van der Waals surface area (Å²) in [6.07, 6.45) is 7.39. The molecule has 2 N–H and O–H groups in total. The Morgan fingerprint density at radius 1 is 0.900 bits per heavy atom. The summed E-state index contributed by atoms with van der Waals surface area (Å²) in [7, 11) is 0. The van der Waals surface area contributed by atoms with Crippen LogP contribution in [0.25, 0.3) is 0 Å². The molecule has 0 fully saturated rings. The maximum Gasteiger partial charge on any atom is 0.0685 e. The first-order valence-electron chi connectivity index (χ1n) is 7.49. The Balaban J connectivity index is 2.78. The first-order chi connectivity index (χ1) is 9.76. The largest absolute Gasteiger partial charge is 0.392 e. The lowest BCUT2D eigenvalue weighted by molar-refractivity contribution is 0.260. The number of aryl methyl sites for hydroxylation is 1. The summed E-state index contributed by atoms with van der Waals surface area (Å²) in [5.74, 6) is 0. The average molecular weight is 275 g/mol. The van der Waals surface area contributed by atoms with Gasteiger partial charge in [-0.1, -0.05) is 44.7 Å². The zero-order valence-electron chi connectivity index (χ0n) is 12.4. The Kier molecular flexibility index (Phi) is 7.94. The van der Waals surface area contributed by atoms with Crippen LogP contribution in [0.5, 0.6) is 0 Å². The fraction of sp³-hybridized carbons (Fsp3) is 0.588. The van der Waals surface area contributed by atoms with Gasteiger partial charge in [0.25, 0.3) is 0 Å². The molecule has 3 heteroatoms. The van der Waals surface area contributed by atoms with Gasteiger partial charge >= 0.3 is 0 Å². The quantitative estimate of drug-likeness (QED) is 0.680. The molecular weight excluding hydrogens is 250 g/mol. The molecule has 110 valence electrons. The van der Waals surface area contributed by atoms with Crippen molar-refractivity contribution in [2.45, 2.75) is 65.1 Å². The maximum absolute atomic E-state index is 9.36. The van der Waals surface area contributed by atoms with Gasteiger partial charge < -0.3 is 10.2 Å². The fourth-order valence-electron chi connectivity index (χ4n) is 2.49. The zero-order chi connectivity index (χ0) is 14.8. The number of nitrogens with zero attached hydrogens (tertiary/aromatic N) is 1. The normalized spacial score (nSPS) is 10.5. The molecule has 3 nitrogen and oxygen atoms in total. The fourth-order valence-corrected chi connectivity index (χ4v) is 2.49. The van der Waals surface area contributed by atoms with E-state index in [1.54, 1.807) is 0 Å². The molecule has 0 aromatic heterocycles. The van der Waals surface area contributed by atoms with E-state index in [1.165, 1.54) is 25.7 Å². The predicted octanol–water partition coefficient (Wildman–Crippen LogP) is 3.25. The van der Waals surface area contributed by atoms with E-state index in [1.807, 2.05) is 12.1 Å². The summed E-state index contributed by atoms with van der Waals surface area (Å²) in [4.78, 5) is 0. The van der Waals surface area contributed by atoms with E-state index in [4.69, 9.17) is 5.26 Å².